The van der Waals surface area contributed by atoms with Crippen LogP contribution in [0.2, 0.25) is 0 Å². The molecule has 2 fully saturated rings. The fourth-order valence-electron chi connectivity index (χ4n) is 4.31. The Balaban J connectivity index is 1.34. The zero-order chi connectivity index (χ0) is 24.4. The fourth-order valence-corrected chi connectivity index (χ4v) is 4.31. The van der Waals surface area contributed by atoms with Gasteiger partial charge in [-0.15, -0.1) is 5.10 Å². The number of amides is 1. The van der Waals surface area contributed by atoms with Gasteiger partial charge in [-0.3, -0.25) is 9.59 Å². The van der Waals surface area contributed by atoms with Gasteiger partial charge in [-0.1, -0.05) is 0 Å². The van der Waals surface area contributed by atoms with Crippen LogP contribution >= 0.6 is 0 Å². The minimum atomic E-state index is -0.854. The number of carboxylic acids is 1. The molecule has 0 aliphatic heterocycles. The van der Waals surface area contributed by atoms with Gasteiger partial charge in [-0.05, 0) is 44.6 Å². The number of carbonyl (C=O) groups is 2. The molecule has 3 heterocycles. The Morgan fingerprint density at radius 1 is 1.03 bits per heavy atom. The number of halogens is 1. The van der Waals surface area contributed by atoms with Crippen molar-refractivity contribution in [3.05, 3.63) is 42.2 Å². The smallest absolute Gasteiger partial charge is 0.317 e. The maximum atomic E-state index is 13.4. The van der Waals surface area contributed by atoms with Gasteiger partial charge in [0.05, 0.1) is 18.4 Å². The number of fused-ring (bicyclic) bond motifs is 1. The molecule has 2 saturated carbocycles. The summed E-state index contributed by atoms with van der Waals surface area (Å²) in [4.78, 5) is 31.7. The van der Waals surface area contributed by atoms with Crippen molar-refractivity contribution in [3.63, 3.8) is 0 Å². The molecule has 0 radical (unpaired) electrons. The van der Waals surface area contributed by atoms with E-state index in [4.69, 9.17) is 5.11 Å². The van der Waals surface area contributed by atoms with Gasteiger partial charge in [-0.2, -0.15) is 4.39 Å². The summed E-state index contributed by atoms with van der Waals surface area (Å²) in [6.07, 6.45) is 8.35. The summed E-state index contributed by atoms with van der Waals surface area (Å²) in [5.74, 6) is -1.39. The van der Waals surface area contributed by atoms with Crippen molar-refractivity contribution in [3.8, 4) is 0 Å². The molecule has 0 unspecified atom stereocenters. The van der Waals surface area contributed by atoms with Gasteiger partial charge >= 0.3 is 5.97 Å². The highest BCUT2D eigenvalue weighted by molar-refractivity contribution is 6.03. The van der Waals surface area contributed by atoms with Gasteiger partial charge in [-0.25, -0.2) is 14.5 Å². The van der Waals surface area contributed by atoms with Crippen molar-refractivity contribution < 1.29 is 19.1 Å². The molecule has 1 amide bonds. The maximum Gasteiger partial charge on any atom is 0.317 e. The number of imidazole rings is 1. The van der Waals surface area contributed by atoms with Gasteiger partial charge in [0.1, 0.15) is 5.82 Å². The third kappa shape index (κ3) is 5.65. The van der Waals surface area contributed by atoms with Crippen LogP contribution in [-0.4, -0.2) is 61.2 Å². The number of aromatic nitrogens is 4. The van der Waals surface area contributed by atoms with Crippen molar-refractivity contribution in [1.82, 2.24) is 24.9 Å². The molecule has 2 aliphatic carbocycles. The fraction of sp³-hybridized carbons (Fsp3) is 0.435. The lowest BCUT2D eigenvalue weighted by Crippen LogP contribution is -2.39. The lowest BCUT2D eigenvalue weighted by atomic mass is 9.91. The maximum absolute atomic E-state index is 13.4. The van der Waals surface area contributed by atoms with E-state index in [2.05, 4.69) is 36.3 Å². The van der Waals surface area contributed by atoms with E-state index in [1.165, 1.54) is 23.0 Å². The van der Waals surface area contributed by atoms with Crippen LogP contribution in [-0.2, 0) is 4.79 Å². The summed E-state index contributed by atoms with van der Waals surface area (Å²) < 4.78 is 14.9. The minimum absolute atomic E-state index is 0.0330. The molecule has 12 heteroatoms. The summed E-state index contributed by atoms with van der Waals surface area (Å²) in [6.45, 7) is -0.0330. The second-order valence-electron chi connectivity index (χ2n) is 9.03. The van der Waals surface area contributed by atoms with Gasteiger partial charge in [0, 0.05) is 42.1 Å². The van der Waals surface area contributed by atoms with E-state index in [0.717, 1.165) is 50.3 Å². The number of anilines is 3. The Labute approximate surface area is 200 Å². The van der Waals surface area contributed by atoms with Crippen LogP contribution in [0.1, 0.15) is 49.0 Å². The number of aliphatic carboxylic acids is 1. The molecule has 0 bridgehead atoms. The third-order valence-electron chi connectivity index (χ3n) is 6.24. The first kappa shape index (κ1) is 23.0. The number of carbonyl (C=O) groups excluding carboxylic acids is 1. The molecule has 5 N–H and O–H groups in total. The van der Waals surface area contributed by atoms with Crippen LogP contribution in [0.15, 0.2) is 30.6 Å². The van der Waals surface area contributed by atoms with Crippen LogP contribution in [0.3, 0.4) is 0 Å². The predicted octanol–water partition coefficient (Wildman–Crippen LogP) is 2.49. The second kappa shape index (κ2) is 9.82. The standard InChI is InChI=1S/C23H27FN8O3/c24-19-9-16(7-8-25-19)30-23(35)18-11-27-22-17(28-14-5-6-14)10-20(31-32(18)22)29-15-3-1-13(2-4-15)26-12-21(33)34/h7-11,13-15,26,28H,1-6,12H2,(H,29,31)(H,33,34)(H,25,30,35)/t13-,15-. The summed E-state index contributed by atoms with van der Waals surface area (Å²) in [6, 6.07) is 5.30. The van der Waals surface area contributed by atoms with E-state index >= 15 is 0 Å². The molecule has 11 nitrogen and oxygen atoms in total. The average molecular weight is 483 g/mol. The Morgan fingerprint density at radius 2 is 1.74 bits per heavy atom. The van der Waals surface area contributed by atoms with E-state index < -0.39 is 17.8 Å². The second-order valence-corrected chi connectivity index (χ2v) is 9.03. The van der Waals surface area contributed by atoms with Crippen molar-refractivity contribution in [1.29, 1.82) is 0 Å². The highest BCUT2D eigenvalue weighted by Gasteiger charge is 2.26. The summed E-state index contributed by atoms with van der Waals surface area (Å²) in [7, 11) is 0. The first-order valence-corrected chi connectivity index (χ1v) is 11.7. The van der Waals surface area contributed by atoms with E-state index in [9.17, 15) is 14.0 Å². The summed E-state index contributed by atoms with van der Waals surface area (Å²) >= 11 is 0. The van der Waals surface area contributed by atoms with Crippen LogP contribution in [0.25, 0.3) is 5.65 Å². The first-order valence-electron chi connectivity index (χ1n) is 11.7. The quantitative estimate of drug-likeness (QED) is 0.290. The van der Waals surface area contributed by atoms with Gasteiger partial charge < -0.3 is 26.4 Å². The average Bonchev–Trinajstić information content (AvgIpc) is 3.54. The topological polar surface area (TPSA) is 146 Å². The van der Waals surface area contributed by atoms with E-state index in [0.29, 0.717) is 17.5 Å². The predicted molar refractivity (Wildman–Crippen MR) is 127 cm³/mol. The van der Waals surface area contributed by atoms with Crippen LogP contribution < -0.4 is 21.3 Å². The number of rotatable bonds is 9. The molecule has 3 aromatic heterocycles. The molecule has 3 aromatic rings. The molecule has 0 aromatic carbocycles. The lowest BCUT2D eigenvalue weighted by Gasteiger charge is -2.29. The van der Waals surface area contributed by atoms with Crippen molar-refractivity contribution in [2.75, 3.05) is 22.5 Å². The highest BCUT2D eigenvalue weighted by Crippen LogP contribution is 2.30. The highest BCUT2D eigenvalue weighted by atomic mass is 19.1. The molecule has 184 valence electrons. The van der Waals surface area contributed by atoms with Crippen LogP contribution in [0.4, 0.5) is 21.6 Å². The Hall–Kier alpha value is -3.80. The molecular weight excluding hydrogens is 455 g/mol. The van der Waals surface area contributed by atoms with Crippen molar-refractivity contribution in [2.45, 2.75) is 56.7 Å². The largest absolute Gasteiger partial charge is 0.480 e. The van der Waals surface area contributed by atoms with Gasteiger partial charge in [0.25, 0.3) is 5.91 Å². The molecule has 0 saturated heterocycles. The van der Waals surface area contributed by atoms with Gasteiger partial charge in [0.15, 0.2) is 11.3 Å². The number of pyridine rings is 1. The monoisotopic (exact) mass is 482 g/mol. The Bertz CT molecular complexity index is 1240. The van der Waals surface area contributed by atoms with Gasteiger partial charge in [0.2, 0.25) is 5.95 Å². The van der Waals surface area contributed by atoms with Crippen LogP contribution in [0, 0.1) is 5.95 Å². The number of hydrogen-bond donors (Lipinski definition) is 5. The van der Waals surface area contributed by atoms with Crippen LogP contribution in [0.5, 0.6) is 0 Å². The summed E-state index contributed by atoms with van der Waals surface area (Å²) in [5, 5.41) is 26.2. The Morgan fingerprint density at radius 3 is 2.46 bits per heavy atom. The SMILES string of the molecule is O=C(O)CN[C@H]1CC[C@H](Nc2cc(NC3CC3)c3ncc(C(=O)Nc4ccnc(F)c4)n3n2)CC1. The number of hydrogen-bond acceptors (Lipinski definition) is 8. The zero-order valence-corrected chi connectivity index (χ0v) is 19.0. The van der Waals surface area contributed by atoms with E-state index in [-0.39, 0.29) is 30.0 Å². The first-order chi connectivity index (χ1) is 16.9. The van der Waals surface area contributed by atoms with E-state index in [1.807, 2.05) is 6.07 Å². The Kier molecular flexibility index (Phi) is 6.45. The zero-order valence-electron chi connectivity index (χ0n) is 19.0. The number of nitrogens with zero attached hydrogens (tertiary/aromatic N) is 4. The van der Waals surface area contributed by atoms with Crippen molar-refractivity contribution >= 4 is 34.7 Å². The molecular formula is C23H27FN8O3. The molecule has 35 heavy (non-hydrogen) atoms. The number of nitrogens with one attached hydrogen (secondary N) is 4. The van der Waals surface area contributed by atoms with Crippen molar-refractivity contribution in [2.24, 2.45) is 0 Å². The third-order valence-corrected chi connectivity index (χ3v) is 6.24. The summed E-state index contributed by atoms with van der Waals surface area (Å²) in [5.41, 5.74) is 1.84. The van der Waals surface area contributed by atoms with E-state index in [1.54, 1.807) is 0 Å². The molecule has 0 atom stereocenters. The number of carboxylic acid groups (broad SMARTS) is 1. The minimum Gasteiger partial charge on any atom is -0.480 e. The normalized spacial score (nSPS) is 19.9. The lowest BCUT2D eigenvalue weighted by molar-refractivity contribution is -0.136. The molecule has 0 spiro atoms. The molecule has 5 rings (SSSR count). The molecule has 2 aliphatic rings.